The molecule has 0 aliphatic heterocycles. The van der Waals surface area contributed by atoms with Crippen LogP contribution in [-0.2, 0) is 14.4 Å². The summed E-state index contributed by atoms with van der Waals surface area (Å²) in [5, 5.41) is 0.607. The highest BCUT2D eigenvalue weighted by atomic mass is 35.5. The molecule has 0 aliphatic carbocycles. The number of carbonyl (C=O) groups is 4. The van der Waals surface area contributed by atoms with Crippen LogP contribution in [0, 0.1) is 11.8 Å². The van der Waals surface area contributed by atoms with Crippen molar-refractivity contribution in [3.63, 3.8) is 0 Å². The summed E-state index contributed by atoms with van der Waals surface area (Å²) in [5.41, 5.74) is 4.86. The van der Waals surface area contributed by atoms with E-state index >= 15 is 0 Å². The number of rotatable bonds is 10. The molecule has 0 radical (unpaired) electrons. The summed E-state index contributed by atoms with van der Waals surface area (Å²) in [4.78, 5) is 54.1. The Morgan fingerprint density at radius 2 is 2.04 bits per heavy atom. The van der Waals surface area contributed by atoms with Crippen LogP contribution in [0.4, 0.5) is 4.39 Å². The molecule has 11 heteroatoms. The minimum atomic E-state index is -2.40. The van der Waals surface area contributed by atoms with E-state index in [-0.39, 0.29) is 36.9 Å². The van der Waals surface area contributed by atoms with E-state index in [9.17, 15) is 23.6 Å². The summed E-state index contributed by atoms with van der Waals surface area (Å²) in [7, 11) is 0. The molecule has 0 spiro atoms. The van der Waals surface area contributed by atoms with Gasteiger partial charge in [-0.2, -0.15) is 0 Å². The van der Waals surface area contributed by atoms with E-state index in [0.29, 0.717) is 11.4 Å². The van der Waals surface area contributed by atoms with Crippen LogP contribution in [0.5, 0.6) is 0 Å². The van der Waals surface area contributed by atoms with Crippen LogP contribution in [0.3, 0.4) is 0 Å². The zero-order chi connectivity index (χ0) is 20.6. The number of aromatic nitrogens is 2. The van der Waals surface area contributed by atoms with Crippen LogP contribution >= 0.6 is 11.6 Å². The van der Waals surface area contributed by atoms with Crippen LogP contribution in [0.15, 0.2) is 12.4 Å². The average Bonchev–Trinajstić information content (AvgIpc) is 3.11. The SMILES string of the molecule is CC(C)C[C@H](CC(=O)c1ncc[nH]1)C(=O)NN(CCC(N)=O)C(=O)C(F)Cl. The van der Waals surface area contributed by atoms with Gasteiger partial charge in [-0.15, -0.1) is 0 Å². The molecule has 1 aromatic rings. The molecule has 0 bridgehead atoms. The minimum absolute atomic E-state index is 0.0712. The van der Waals surface area contributed by atoms with Gasteiger partial charge < -0.3 is 10.7 Å². The van der Waals surface area contributed by atoms with Crippen molar-refractivity contribution in [2.75, 3.05) is 6.54 Å². The zero-order valence-electron chi connectivity index (χ0n) is 15.1. The highest BCUT2D eigenvalue weighted by molar-refractivity contribution is 6.29. The molecule has 4 N–H and O–H groups in total. The van der Waals surface area contributed by atoms with E-state index in [2.05, 4.69) is 15.4 Å². The van der Waals surface area contributed by atoms with Crippen molar-refractivity contribution in [3.8, 4) is 0 Å². The lowest BCUT2D eigenvalue weighted by molar-refractivity contribution is -0.145. The number of aromatic amines is 1. The largest absolute Gasteiger partial charge is 0.370 e. The molecular weight excluding hydrogens is 381 g/mol. The third-order valence-corrected chi connectivity index (χ3v) is 3.79. The number of hydrazine groups is 1. The quantitative estimate of drug-likeness (QED) is 0.303. The van der Waals surface area contributed by atoms with Crippen molar-refractivity contribution in [2.45, 2.75) is 38.7 Å². The Balaban J connectivity index is 2.88. The highest BCUT2D eigenvalue weighted by Gasteiger charge is 2.29. The molecule has 0 saturated carbocycles. The molecule has 2 atom stereocenters. The number of halogens is 2. The molecule has 0 aromatic carbocycles. The molecule has 27 heavy (non-hydrogen) atoms. The van der Waals surface area contributed by atoms with Crippen molar-refractivity contribution in [3.05, 3.63) is 18.2 Å². The predicted octanol–water partition coefficient (Wildman–Crippen LogP) is 0.914. The van der Waals surface area contributed by atoms with Crippen molar-refractivity contribution in [2.24, 2.45) is 17.6 Å². The van der Waals surface area contributed by atoms with Gasteiger partial charge in [-0.25, -0.2) is 14.4 Å². The number of H-pyrrole nitrogens is 1. The molecule has 9 nitrogen and oxygen atoms in total. The van der Waals surface area contributed by atoms with Gasteiger partial charge in [-0.3, -0.25) is 24.6 Å². The van der Waals surface area contributed by atoms with Crippen LogP contribution in [0.2, 0.25) is 0 Å². The predicted molar refractivity (Wildman–Crippen MR) is 94.9 cm³/mol. The Bertz CT molecular complexity index is 666. The van der Waals surface area contributed by atoms with Gasteiger partial charge in [0.15, 0.2) is 11.6 Å². The Morgan fingerprint density at radius 3 is 2.52 bits per heavy atom. The number of Topliss-reactive ketones (excluding diaryl/α,β-unsaturated/α-hetero) is 1. The molecule has 1 unspecified atom stereocenters. The number of carbonyl (C=O) groups excluding carboxylic acids is 4. The van der Waals surface area contributed by atoms with Crippen molar-refractivity contribution in [1.29, 1.82) is 0 Å². The summed E-state index contributed by atoms with van der Waals surface area (Å²) in [6, 6.07) is 0. The first-order chi connectivity index (χ1) is 12.6. The third-order valence-electron chi connectivity index (χ3n) is 3.60. The van der Waals surface area contributed by atoms with E-state index in [1.165, 1.54) is 12.4 Å². The maximum Gasteiger partial charge on any atom is 0.291 e. The number of ketones is 1. The number of nitrogens with one attached hydrogen (secondary N) is 2. The van der Waals surface area contributed by atoms with Gasteiger partial charge in [0.25, 0.3) is 11.5 Å². The van der Waals surface area contributed by atoms with Crippen LogP contribution in [-0.4, -0.2) is 50.7 Å². The third kappa shape index (κ3) is 7.73. The number of alkyl halides is 2. The molecule has 0 saturated heterocycles. The van der Waals surface area contributed by atoms with Gasteiger partial charge in [0, 0.05) is 31.2 Å². The summed E-state index contributed by atoms with van der Waals surface area (Å²) >= 11 is 5.15. The van der Waals surface area contributed by atoms with Gasteiger partial charge in [0.1, 0.15) is 0 Å². The number of nitrogens with two attached hydrogens (primary N) is 1. The Kier molecular flexibility index (Phi) is 8.86. The molecular formula is C16H23ClFN5O4. The summed E-state index contributed by atoms with van der Waals surface area (Å²) in [5.74, 6) is -3.62. The Hall–Kier alpha value is -2.49. The average molecular weight is 404 g/mol. The lowest BCUT2D eigenvalue weighted by atomic mass is 9.91. The normalized spacial score (nSPS) is 13.1. The molecule has 0 aliphatic rings. The van der Waals surface area contributed by atoms with Crippen molar-refractivity contribution >= 4 is 35.1 Å². The molecule has 1 heterocycles. The van der Waals surface area contributed by atoms with E-state index in [0.717, 1.165) is 0 Å². The van der Waals surface area contributed by atoms with Crippen LogP contribution < -0.4 is 11.2 Å². The van der Waals surface area contributed by atoms with Crippen molar-refractivity contribution in [1.82, 2.24) is 20.4 Å². The molecule has 0 fully saturated rings. The zero-order valence-corrected chi connectivity index (χ0v) is 15.8. The van der Waals surface area contributed by atoms with Gasteiger partial charge in [0.05, 0.1) is 6.54 Å². The summed E-state index contributed by atoms with van der Waals surface area (Å²) in [6.45, 7) is 3.39. The van der Waals surface area contributed by atoms with Gasteiger partial charge in [0.2, 0.25) is 11.8 Å². The molecule has 150 valence electrons. The second-order valence-corrected chi connectivity index (χ2v) is 6.76. The van der Waals surface area contributed by atoms with Gasteiger partial charge in [-0.05, 0) is 12.3 Å². The Morgan fingerprint density at radius 1 is 1.37 bits per heavy atom. The fraction of sp³-hybridized carbons (Fsp3) is 0.562. The first kappa shape index (κ1) is 22.6. The number of imidazole rings is 1. The second-order valence-electron chi connectivity index (χ2n) is 6.37. The highest BCUT2D eigenvalue weighted by Crippen LogP contribution is 2.18. The minimum Gasteiger partial charge on any atom is -0.370 e. The van der Waals surface area contributed by atoms with E-state index < -0.39 is 29.3 Å². The summed E-state index contributed by atoms with van der Waals surface area (Å²) in [6.07, 6.45) is 2.79. The van der Waals surface area contributed by atoms with Crippen molar-refractivity contribution < 1.29 is 23.6 Å². The molecule has 3 amide bonds. The fourth-order valence-electron chi connectivity index (χ4n) is 2.38. The number of primary amides is 1. The van der Waals surface area contributed by atoms with Gasteiger partial charge in [-0.1, -0.05) is 25.4 Å². The van der Waals surface area contributed by atoms with Gasteiger partial charge >= 0.3 is 0 Å². The van der Waals surface area contributed by atoms with E-state index in [4.69, 9.17) is 17.3 Å². The second kappa shape index (κ2) is 10.6. The topological polar surface area (TPSA) is 138 Å². The fourth-order valence-corrected chi connectivity index (χ4v) is 2.49. The van der Waals surface area contributed by atoms with Crippen LogP contribution in [0.25, 0.3) is 0 Å². The number of nitrogens with zero attached hydrogens (tertiary/aromatic N) is 2. The Labute approximate surface area is 160 Å². The lowest BCUT2D eigenvalue weighted by Crippen LogP contribution is -2.51. The molecule has 1 rings (SSSR count). The lowest BCUT2D eigenvalue weighted by Gasteiger charge is -2.26. The van der Waals surface area contributed by atoms with E-state index in [1.54, 1.807) is 0 Å². The monoisotopic (exact) mass is 403 g/mol. The standard InChI is InChI=1S/C16H23ClFN5O4/c1-9(2)7-10(8-11(24)14-20-4-5-21-14)15(26)22-23(6-3-12(19)25)16(27)13(17)18/h4-5,9-10,13H,3,6-8H2,1-2H3,(H2,19,25)(H,20,21)(H,22,26)/t10-,13?/m1/s1. The number of hydrogen-bond donors (Lipinski definition) is 3. The van der Waals surface area contributed by atoms with Crippen LogP contribution in [0.1, 0.15) is 43.7 Å². The van der Waals surface area contributed by atoms with E-state index in [1.807, 2.05) is 13.8 Å². The smallest absolute Gasteiger partial charge is 0.291 e. The number of hydrogen-bond acceptors (Lipinski definition) is 5. The summed E-state index contributed by atoms with van der Waals surface area (Å²) < 4.78 is 13.2. The first-order valence-electron chi connectivity index (χ1n) is 8.32. The maximum absolute atomic E-state index is 13.2. The molecule has 1 aromatic heterocycles. The number of amides is 3. The maximum atomic E-state index is 13.2. The first-order valence-corrected chi connectivity index (χ1v) is 8.76.